The van der Waals surface area contributed by atoms with Gasteiger partial charge in [0.2, 0.25) is 5.82 Å². The molecule has 86 valence electrons. The van der Waals surface area contributed by atoms with Crippen LogP contribution in [-0.4, -0.2) is 26.2 Å². The fraction of sp³-hybridized carbons (Fsp3) is 0.182. The van der Waals surface area contributed by atoms with Crippen molar-refractivity contribution in [3.63, 3.8) is 0 Å². The standard InChI is InChI=1S/C11H9FN4O/c1-2-10(17)8-4-3-7(12)5-9(8)11-15-13-6-14-16-11/h3-6H,2H2,1H3/i12-1. The van der Waals surface area contributed by atoms with Gasteiger partial charge in [0.15, 0.2) is 12.1 Å². The molecule has 0 atom stereocenters. The van der Waals surface area contributed by atoms with Crippen LogP contribution in [0.1, 0.15) is 23.7 Å². The maximum atomic E-state index is 13.2. The molecule has 5 nitrogen and oxygen atoms in total. The van der Waals surface area contributed by atoms with E-state index >= 15 is 0 Å². The topological polar surface area (TPSA) is 68.6 Å². The van der Waals surface area contributed by atoms with Gasteiger partial charge in [-0.25, -0.2) is 4.39 Å². The van der Waals surface area contributed by atoms with Gasteiger partial charge in [0, 0.05) is 17.5 Å². The highest BCUT2D eigenvalue weighted by atomic mass is 18.2. The molecule has 0 N–H and O–H groups in total. The summed E-state index contributed by atoms with van der Waals surface area (Å²) < 4.78 is 13.2. The molecule has 6 heteroatoms. The Labute approximate surface area is 96.7 Å². The molecule has 0 aliphatic heterocycles. The Bertz CT molecular complexity index is 544. The molecule has 0 fully saturated rings. The van der Waals surface area contributed by atoms with Crippen LogP contribution in [0.3, 0.4) is 0 Å². The molecular weight excluding hydrogens is 222 g/mol. The van der Waals surface area contributed by atoms with E-state index in [2.05, 4.69) is 20.4 Å². The summed E-state index contributed by atoms with van der Waals surface area (Å²) in [5, 5.41) is 14.6. The molecule has 1 aromatic carbocycles. The first-order valence-electron chi connectivity index (χ1n) is 5.06. The summed E-state index contributed by atoms with van der Waals surface area (Å²) >= 11 is 0. The number of Topliss-reactive ketones (excluding diaryl/α,β-unsaturated/α-hetero) is 1. The minimum Gasteiger partial charge on any atom is -0.294 e. The van der Waals surface area contributed by atoms with Crippen LogP contribution in [0.2, 0.25) is 0 Å². The zero-order chi connectivity index (χ0) is 12.3. The lowest BCUT2D eigenvalue weighted by Gasteiger charge is -2.05. The summed E-state index contributed by atoms with van der Waals surface area (Å²) in [6.45, 7) is 1.73. The van der Waals surface area contributed by atoms with Crippen molar-refractivity contribution in [1.82, 2.24) is 20.4 Å². The second-order valence-electron chi connectivity index (χ2n) is 3.34. The van der Waals surface area contributed by atoms with Crippen molar-refractivity contribution in [2.45, 2.75) is 13.3 Å². The van der Waals surface area contributed by atoms with Gasteiger partial charge >= 0.3 is 0 Å². The van der Waals surface area contributed by atoms with Gasteiger partial charge in [-0.2, -0.15) is 0 Å². The van der Waals surface area contributed by atoms with Gasteiger partial charge in [0.05, 0.1) is 0 Å². The van der Waals surface area contributed by atoms with Crippen LogP contribution in [0.5, 0.6) is 0 Å². The molecule has 0 bridgehead atoms. The first kappa shape index (κ1) is 11.3. The van der Waals surface area contributed by atoms with Crippen molar-refractivity contribution in [2.75, 3.05) is 0 Å². The molecule has 0 unspecified atom stereocenters. The highest BCUT2D eigenvalue weighted by Gasteiger charge is 2.14. The minimum absolute atomic E-state index is 0.104. The van der Waals surface area contributed by atoms with Crippen LogP contribution >= 0.6 is 0 Å². The lowest BCUT2D eigenvalue weighted by Crippen LogP contribution is -2.03. The van der Waals surface area contributed by atoms with Gasteiger partial charge in [0.25, 0.3) is 0 Å². The maximum Gasteiger partial charge on any atom is 0.204 e. The average molecular weight is 231 g/mol. The van der Waals surface area contributed by atoms with Crippen molar-refractivity contribution in [3.8, 4) is 11.4 Å². The average Bonchev–Trinajstić information content (AvgIpc) is 2.39. The van der Waals surface area contributed by atoms with Crippen LogP contribution < -0.4 is 0 Å². The van der Waals surface area contributed by atoms with Crippen LogP contribution in [0.15, 0.2) is 24.5 Å². The molecule has 0 aliphatic carbocycles. The van der Waals surface area contributed by atoms with Crippen molar-refractivity contribution >= 4 is 5.78 Å². The Morgan fingerprint density at radius 3 is 2.65 bits per heavy atom. The highest BCUT2D eigenvalue weighted by molar-refractivity contribution is 6.01. The van der Waals surface area contributed by atoms with Crippen molar-refractivity contribution in [1.29, 1.82) is 0 Å². The first-order valence-corrected chi connectivity index (χ1v) is 5.06. The van der Waals surface area contributed by atoms with Gasteiger partial charge in [-0.1, -0.05) is 6.92 Å². The van der Waals surface area contributed by atoms with Gasteiger partial charge in [-0.05, 0) is 18.2 Å². The van der Waals surface area contributed by atoms with Crippen LogP contribution in [-0.2, 0) is 0 Å². The SMILES string of the molecule is CCC(=O)c1ccc([18F])cc1-c1nncnn1. The zero-order valence-corrected chi connectivity index (χ0v) is 9.09. The number of benzene rings is 1. The molecule has 1 aromatic heterocycles. The smallest absolute Gasteiger partial charge is 0.204 e. The van der Waals surface area contributed by atoms with Gasteiger partial charge < -0.3 is 0 Å². The Kier molecular flexibility index (Phi) is 3.13. The van der Waals surface area contributed by atoms with Gasteiger partial charge in [-0.15, -0.1) is 20.4 Å². The van der Waals surface area contributed by atoms with E-state index in [1.54, 1.807) is 6.92 Å². The Balaban J connectivity index is 2.59. The van der Waals surface area contributed by atoms with Crippen LogP contribution in [0.4, 0.5) is 4.39 Å². The van der Waals surface area contributed by atoms with Crippen LogP contribution in [0, 0.1) is 5.82 Å². The second-order valence-corrected chi connectivity index (χ2v) is 3.34. The third-order valence-electron chi connectivity index (χ3n) is 2.25. The highest BCUT2D eigenvalue weighted by Crippen LogP contribution is 2.21. The van der Waals surface area contributed by atoms with E-state index in [1.807, 2.05) is 0 Å². The molecule has 1 heterocycles. The van der Waals surface area contributed by atoms with E-state index in [-0.39, 0.29) is 11.6 Å². The molecule has 2 aromatic rings. The molecule has 0 radical (unpaired) electrons. The number of ketones is 1. The molecule has 0 saturated carbocycles. The van der Waals surface area contributed by atoms with Crippen molar-refractivity contribution < 1.29 is 9.18 Å². The number of hydrogen-bond donors (Lipinski definition) is 0. The number of carbonyl (C=O) groups is 1. The number of rotatable bonds is 3. The molecule has 0 spiro atoms. The predicted molar refractivity (Wildman–Crippen MR) is 57.6 cm³/mol. The van der Waals surface area contributed by atoms with Gasteiger partial charge in [0.1, 0.15) is 5.82 Å². The van der Waals surface area contributed by atoms with Crippen molar-refractivity contribution in [3.05, 3.63) is 35.9 Å². The molecule has 0 amide bonds. The number of halogens is 1. The third-order valence-corrected chi connectivity index (χ3v) is 2.25. The normalized spacial score (nSPS) is 10.2. The largest absolute Gasteiger partial charge is 0.294 e. The van der Waals surface area contributed by atoms with E-state index < -0.39 is 5.82 Å². The Hall–Kier alpha value is -2.24. The molecule has 2 rings (SSSR count). The lowest BCUT2D eigenvalue weighted by molar-refractivity contribution is 0.0988. The number of nitrogens with zero attached hydrogens (tertiary/aromatic N) is 4. The summed E-state index contributed by atoms with van der Waals surface area (Å²) in [6.07, 6.45) is 1.50. The quantitative estimate of drug-likeness (QED) is 0.751. The third kappa shape index (κ3) is 2.30. The lowest BCUT2D eigenvalue weighted by atomic mass is 10.0. The van der Waals surface area contributed by atoms with Crippen molar-refractivity contribution in [2.24, 2.45) is 0 Å². The summed E-state index contributed by atoms with van der Waals surface area (Å²) in [5.74, 6) is -0.420. The molecule has 0 aliphatic rings. The number of carbonyl (C=O) groups excluding carboxylic acids is 1. The van der Waals surface area contributed by atoms with E-state index in [0.717, 1.165) is 0 Å². The summed E-state index contributed by atoms with van der Waals surface area (Å²) in [6, 6.07) is 3.87. The minimum atomic E-state index is -0.458. The predicted octanol–water partition coefficient (Wildman–Crippen LogP) is 1.67. The number of hydrogen-bond acceptors (Lipinski definition) is 5. The maximum absolute atomic E-state index is 13.2. The Morgan fingerprint density at radius 1 is 1.29 bits per heavy atom. The Morgan fingerprint density at radius 2 is 2.00 bits per heavy atom. The molecular formula is C11H9FN4O. The van der Waals surface area contributed by atoms with Crippen LogP contribution in [0.25, 0.3) is 11.4 Å². The summed E-state index contributed by atoms with van der Waals surface area (Å²) in [5.41, 5.74) is 0.696. The fourth-order valence-electron chi connectivity index (χ4n) is 1.45. The molecule has 17 heavy (non-hydrogen) atoms. The first-order chi connectivity index (χ1) is 8.22. The fourth-order valence-corrected chi connectivity index (χ4v) is 1.45. The van der Waals surface area contributed by atoms with E-state index in [4.69, 9.17) is 0 Å². The van der Waals surface area contributed by atoms with E-state index in [1.165, 1.54) is 24.5 Å². The zero-order valence-electron chi connectivity index (χ0n) is 9.09. The second kappa shape index (κ2) is 4.73. The number of aromatic nitrogens is 4. The molecule has 0 saturated heterocycles. The van der Waals surface area contributed by atoms with E-state index in [9.17, 15) is 9.18 Å². The van der Waals surface area contributed by atoms with E-state index in [0.29, 0.717) is 17.5 Å². The summed E-state index contributed by atoms with van der Waals surface area (Å²) in [7, 11) is 0. The monoisotopic (exact) mass is 231 g/mol. The summed E-state index contributed by atoms with van der Waals surface area (Å²) in [4.78, 5) is 11.7. The van der Waals surface area contributed by atoms with Gasteiger partial charge in [-0.3, -0.25) is 4.79 Å².